The van der Waals surface area contributed by atoms with Crippen LogP contribution in [0, 0.1) is 5.92 Å². The number of hydrogen-bond acceptors (Lipinski definition) is 1. The molecule has 1 nitrogen and oxygen atoms in total. The number of Topliss-reactive ketones (excluding diaryl/α,β-unsaturated/α-hetero) is 1. The molecule has 54 valence electrons. The highest BCUT2D eigenvalue weighted by Crippen LogP contribution is 2.28. The molecule has 0 amide bonds. The summed E-state index contributed by atoms with van der Waals surface area (Å²) < 4.78 is -0.169. The molecule has 0 aromatic heterocycles. The van der Waals surface area contributed by atoms with Crippen molar-refractivity contribution in [3.63, 3.8) is 0 Å². The SMILES string of the molecule is CC(=O)C(C)(I)C(C)C. The van der Waals surface area contributed by atoms with E-state index in [0.717, 1.165) is 0 Å². The monoisotopic (exact) mass is 240 g/mol. The lowest BCUT2D eigenvalue weighted by Crippen LogP contribution is -2.31. The zero-order valence-corrected chi connectivity index (χ0v) is 8.52. The highest BCUT2D eigenvalue weighted by molar-refractivity contribution is 14.1. The van der Waals surface area contributed by atoms with E-state index < -0.39 is 0 Å². The third kappa shape index (κ3) is 2.24. The highest BCUT2D eigenvalue weighted by Gasteiger charge is 2.29. The fourth-order valence-corrected chi connectivity index (χ4v) is 0.407. The molecule has 2 heteroatoms. The summed E-state index contributed by atoms with van der Waals surface area (Å²) in [5.74, 6) is 0.689. The van der Waals surface area contributed by atoms with E-state index in [2.05, 4.69) is 36.4 Å². The van der Waals surface area contributed by atoms with Crippen LogP contribution in [0.3, 0.4) is 0 Å². The fraction of sp³-hybridized carbons (Fsp3) is 0.857. The van der Waals surface area contributed by atoms with Crippen LogP contribution in [0.5, 0.6) is 0 Å². The van der Waals surface area contributed by atoms with E-state index in [-0.39, 0.29) is 9.20 Å². The van der Waals surface area contributed by atoms with Crippen molar-refractivity contribution in [3.8, 4) is 0 Å². The van der Waals surface area contributed by atoms with Crippen molar-refractivity contribution in [2.45, 2.75) is 31.1 Å². The molecule has 0 aliphatic carbocycles. The molecular formula is C7H13IO. The van der Waals surface area contributed by atoms with Gasteiger partial charge < -0.3 is 0 Å². The predicted octanol–water partition coefficient (Wildman–Crippen LogP) is 2.43. The smallest absolute Gasteiger partial charge is 0.145 e. The first-order chi connectivity index (χ1) is 3.89. The van der Waals surface area contributed by atoms with Gasteiger partial charge in [-0.05, 0) is 19.8 Å². The van der Waals surface area contributed by atoms with Gasteiger partial charge in [-0.1, -0.05) is 36.4 Å². The van der Waals surface area contributed by atoms with E-state index in [1.165, 1.54) is 0 Å². The first-order valence-electron chi connectivity index (χ1n) is 3.09. The molecule has 0 fully saturated rings. The highest BCUT2D eigenvalue weighted by atomic mass is 127. The van der Waals surface area contributed by atoms with E-state index in [1.807, 2.05) is 6.92 Å². The molecule has 0 aliphatic rings. The summed E-state index contributed by atoms with van der Waals surface area (Å²) in [5.41, 5.74) is 0. The number of ketones is 1. The van der Waals surface area contributed by atoms with Crippen molar-refractivity contribution < 1.29 is 4.79 Å². The van der Waals surface area contributed by atoms with Crippen LogP contribution < -0.4 is 0 Å². The number of halogens is 1. The lowest BCUT2D eigenvalue weighted by Gasteiger charge is -2.23. The fourth-order valence-electron chi connectivity index (χ4n) is 0.407. The van der Waals surface area contributed by atoms with Gasteiger partial charge in [0.15, 0.2) is 0 Å². The molecule has 0 radical (unpaired) electrons. The Morgan fingerprint density at radius 2 is 1.89 bits per heavy atom. The van der Waals surface area contributed by atoms with Crippen molar-refractivity contribution >= 4 is 28.4 Å². The summed E-state index contributed by atoms with van der Waals surface area (Å²) >= 11 is 2.21. The van der Waals surface area contributed by atoms with Gasteiger partial charge in [0.25, 0.3) is 0 Å². The van der Waals surface area contributed by atoms with Crippen LogP contribution >= 0.6 is 22.6 Å². The second kappa shape index (κ2) is 2.99. The van der Waals surface area contributed by atoms with Crippen LogP contribution in [0.25, 0.3) is 0 Å². The maximum absolute atomic E-state index is 10.9. The quantitative estimate of drug-likeness (QED) is 0.535. The van der Waals surface area contributed by atoms with Crippen LogP contribution in [0.1, 0.15) is 27.7 Å². The molecule has 0 aliphatic heterocycles. The second-order valence-electron chi connectivity index (χ2n) is 2.79. The molecule has 9 heavy (non-hydrogen) atoms. The molecule has 0 saturated carbocycles. The summed E-state index contributed by atoms with van der Waals surface area (Å²) in [6, 6.07) is 0. The van der Waals surface area contributed by atoms with Gasteiger partial charge in [0, 0.05) is 0 Å². The minimum atomic E-state index is -0.169. The zero-order valence-electron chi connectivity index (χ0n) is 6.36. The number of hydrogen-bond donors (Lipinski definition) is 0. The summed E-state index contributed by atoms with van der Waals surface area (Å²) in [6.45, 7) is 7.74. The van der Waals surface area contributed by atoms with Crippen molar-refractivity contribution in [1.82, 2.24) is 0 Å². The molecule has 1 unspecified atom stereocenters. The predicted molar refractivity (Wildman–Crippen MR) is 47.9 cm³/mol. The third-order valence-electron chi connectivity index (χ3n) is 1.77. The van der Waals surface area contributed by atoms with E-state index >= 15 is 0 Å². The van der Waals surface area contributed by atoms with Gasteiger partial charge in [-0.25, -0.2) is 0 Å². The Balaban J connectivity index is 4.19. The molecule has 0 aromatic carbocycles. The van der Waals surface area contributed by atoms with Gasteiger partial charge in [0.1, 0.15) is 5.78 Å². The normalized spacial score (nSPS) is 17.6. The van der Waals surface area contributed by atoms with Gasteiger partial charge in [0.05, 0.1) is 3.42 Å². The van der Waals surface area contributed by atoms with E-state index in [4.69, 9.17) is 0 Å². The molecule has 0 rings (SSSR count). The Hall–Kier alpha value is 0.400. The average molecular weight is 240 g/mol. The maximum Gasteiger partial charge on any atom is 0.145 e. The van der Waals surface area contributed by atoms with Crippen LogP contribution in [0.15, 0.2) is 0 Å². The van der Waals surface area contributed by atoms with Gasteiger partial charge in [-0.2, -0.15) is 0 Å². The Morgan fingerprint density at radius 1 is 1.56 bits per heavy atom. The van der Waals surface area contributed by atoms with Crippen molar-refractivity contribution in [1.29, 1.82) is 0 Å². The van der Waals surface area contributed by atoms with Gasteiger partial charge >= 0.3 is 0 Å². The van der Waals surface area contributed by atoms with E-state index in [9.17, 15) is 4.79 Å². The van der Waals surface area contributed by atoms with E-state index in [0.29, 0.717) is 5.92 Å². The largest absolute Gasteiger partial charge is 0.299 e. The molecule has 0 bridgehead atoms. The van der Waals surface area contributed by atoms with Crippen LogP contribution in [-0.2, 0) is 4.79 Å². The number of carbonyl (C=O) groups excluding carboxylic acids is 1. The standard InChI is InChI=1S/C7H13IO/c1-5(2)7(4,8)6(3)9/h5H,1-4H3. The molecule has 0 N–H and O–H groups in total. The Morgan fingerprint density at radius 3 is 1.89 bits per heavy atom. The molecule has 0 spiro atoms. The molecular weight excluding hydrogens is 227 g/mol. The third-order valence-corrected chi connectivity index (χ3v) is 3.78. The Labute approximate surface area is 70.4 Å². The lowest BCUT2D eigenvalue weighted by molar-refractivity contribution is -0.119. The summed E-state index contributed by atoms with van der Waals surface area (Å²) in [4.78, 5) is 10.9. The van der Waals surface area contributed by atoms with Crippen LogP contribution in [0.2, 0.25) is 0 Å². The first-order valence-corrected chi connectivity index (χ1v) is 4.17. The minimum Gasteiger partial charge on any atom is -0.299 e. The first kappa shape index (κ1) is 9.40. The summed E-state index contributed by atoms with van der Waals surface area (Å²) in [5, 5.41) is 0. The maximum atomic E-state index is 10.9. The molecule has 0 saturated heterocycles. The topological polar surface area (TPSA) is 17.1 Å². The summed E-state index contributed by atoms with van der Waals surface area (Å²) in [6.07, 6.45) is 0. The van der Waals surface area contributed by atoms with Gasteiger partial charge in [-0.15, -0.1) is 0 Å². The number of carbonyl (C=O) groups is 1. The zero-order chi connectivity index (χ0) is 7.65. The lowest BCUT2D eigenvalue weighted by atomic mass is 9.94. The minimum absolute atomic E-state index is 0.169. The second-order valence-corrected chi connectivity index (χ2v) is 5.03. The number of rotatable bonds is 2. The van der Waals surface area contributed by atoms with Gasteiger partial charge in [0.2, 0.25) is 0 Å². The summed E-state index contributed by atoms with van der Waals surface area (Å²) in [7, 11) is 0. The van der Waals surface area contributed by atoms with Gasteiger partial charge in [-0.3, -0.25) is 4.79 Å². The van der Waals surface area contributed by atoms with Crippen molar-refractivity contribution in [2.75, 3.05) is 0 Å². The Kier molecular flexibility index (Phi) is 3.12. The van der Waals surface area contributed by atoms with Crippen molar-refractivity contribution in [2.24, 2.45) is 5.92 Å². The van der Waals surface area contributed by atoms with Crippen molar-refractivity contribution in [3.05, 3.63) is 0 Å². The molecule has 0 heterocycles. The average Bonchev–Trinajstić information content (AvgIpc) is 1.65. The van der Waals surface area contributed by atoms with E-state index in [1.54, 1.807) is 6.92 Å². The molecule has 0 aromatic rings. The van der Waals surface area contributed by atoms with Crippen LogP contribution in [0.4, 0.5) is 0 Å². The number of alkyl halides is 1. The Bertz CT molecular complexity index is 116. The molecule has 1 atom stereocenters. The van der Waals surface area contributed by atoms with Crippen LogP contribution in [-0.4, -0.2) is 9.20 Å².